The van der Waals surface area contributed by atoms with E-state index in [0.29, 0.717) is 31.0 Å². The quantitative estimate of drug-likeness (QED) is 0.662. The van der Waals surface area contributed by atoms with Gasteiger partial charge in [0.05, 0.1) is 0 Å². The van der Waals surface area contributed by atoms with E-state index in [9.17, 15) is 9.59 Å². The Balaban J connectivity index is 2.46. The largest absolute Gasteiger partial charge is 0.382 e. The van der Waals surface area contributed by atoms with E-state index in [4.69, 9.17) is 10.5 Å². The van der Waals surface area contributed by atoms with Crippen LogP contribution in [0.5, 0.6) is 0 Å². The summed E-state index contributed by atoms with van der Waals surface area (Å²) in [6, 6.07) is 4.71. The molecule has 1 rings (SSSR count). The predicted octanol–water partition coefficient (Wildman–Crippen LogP) is 1.64. The van der Waals surface area contributed by atoms with Crippen LogP contribution < -0.4 is 16.4 Å². The number of aryl methyl sites for hydroxylation is 1. The Labute approximate surface area is 118 Å². The standard InChI is InChI=1S/C14H21N3O3/c1-3-20-8-4-7-16-14(19)17-11-6-5-10(2)12(9-11)13(15)18/h5-6,9H,3-4,7-8H2,1-2H3,(H2,15,18)(H2,16,17,19). The first-order valence-electron chi connectivity index (χ1n) is 6.57. The molecule has 0 atom stereocenters. The van der Waals surface area contributed by atoms with E-state index in [1.165, 1.54) is 0 Å². The average Bonchev–Trinajstić information content (AvgIpc) is 2.40. The lowest BCUT2D eigenvalue weighted by Gasteiger charge is -2.09. The molecule has 0 radical (unpaired) electrons. The summed E-state index contributed by atoms with van der Waals surface area (Å²) in [6.45, 7) is 5.53. The summed E-state index contributed by atoms with van der Waals surface area (Å²) in [6.07, 6.45) is 0.752. The Bertz CT molecular complexity index is 475. The van der Waals surface area contributed by atoms with Gasteiger partial charge >= 0.3 is 6.03 Å². The molecule has 20 heavy (non-hydrogen) atoms. The van der Waals surface area contributed by atoms with Crippen LogP contribution in [0.3, 0.4) is 0 Å². The zero-order chi connectivity index (χ0) is 15.0. The first-order valence-corrected chi connectivity index (χ1v) is 6.57. The highest BCUT2D eigenvalue weighted by Gasteiger charge is 2.07. The van der Waals surface area contributed by atoms with Gasteiger partial charge in [0.1, 0.15) is 0 Å². The maximum atomic E-state index is 11.6. The van der Waals surface area contributed by atoms with Gasteiger partial charge in [-0.2, -0.15) is 0 Å². The Morgan fingerprint density at radius 1 is 1.35 bits per heavy atom. The monoisotopic (exact) mass is 279 g/mol. The number of amides is 3. The fourth-order valence-corrected chi connectivity index (χ4v) is 1.66. The molecule has 0 heterocycles. The van der Waals surface area contributed by atoms with Crippen LogP contribution in [0.15, 0.2) is 18.2 Å². The van der Waals surface area contributed by atoms with Crippen molar-refractivity contribution in [1.29, 1.82) is 0 Å². The lowest BCUT2D eigenvalue weighted by Crippen LogP contribution is -2.30. The predicted molar refractivity (Wildman–Crippen MR) is 77.8 cm³/mol. The van der Waals surface area contributed by atoms with Crippen LogP contribution in [0.2, 0.25) is 0 Å². The summed E-state index contributed by atoms with van der Waals surface area (Å²) in [5.41, 5.74) is 6.97. The SMILES string of the molecule is CCOCCCNC(=O)Nc1ccc(C)c(C(N)=O)c1. The number of rotatable bonds is 7. The molecular weight excluding hydrogens is 258 g/mol. The topological polar surface area (TPSA) is 93.4 Å². The number of carbonyl (C=O) groups excluding carboxylic acids is 2. The highest BCUT2D eigenvalue weighted by molar-refractivity contribution is 5.97. The van der Waals surface area contributed by atoms with Crippen molar-refractivity contribution in [1.82, 2.24) is 5.32 Å². The summed E-state index contributed by atoms with van der Waals surface area (Å²) in [7, 11) is 0. The molecule has 1 aromatic carbocycles. The van der Waals surface area contributed by atoms with E-state index in [1.807, 2.05) is 6.92 Å². The Kier molecular flexibility index (Phi) is 6.52. The van der Waals surface area contributed by atoms with Gasteiger partial charge in [-0.05, 0) is 38.0 Å². The fourth-order valence-electron chi connectivity index (χ4n) is 1.66. The Hall–Kier alpha value is -2.08. The average molecular weight is 279 g/mol. The number of ether oxygens (including phenoxy) is 1. The molecule has 0 aliphatic carbocycles. The molecular formula is C14H21N3O3. The summed E-state index contributed by atoms with van der Waals surface area (Å²) < 4.78 is 5.17. The molecule has 3 amide bonds. The van der Waals surface area contributed by atoms with Crippen molar-refractivity contribution in [2.75, 3.05) is 25.1 Å². The van der Waals surface area contributed by atoms with E-state index in [-0.39, 0.29) is 6.03 Å². The second-order valence-electron chi connectivity index (χ2n) is 4.33. The second-order valence-corrected chi connectivity index (χ2v) is 4.33. The molecule has 0 unspecified atom stereocenters. The first kappa shape index (κ1) is 16.0. The fraction of sp³-hybridized carbons (Fsp3) is 0.429. The molecule has 0 saturated heterocycles. The molecule has 0 aliphatic rings. The maximum absolute atomic E-state index is 11.6. The van der Waals surface area contributed by atoms with E-state index in [2.05, 4.69) is 10.6 Å². The number of hydrogen-bond donors (Lipinski definition) is 3. The molecule has 0 fully saturated rings. The number of anilines is 1. The number of carbonyl (C=O) groups is 2. The van der Waals surface area contributed by atoms with Crippen molar-refractivity contribution in [3.8, 4) is 0 Å². The van der Waals surface area contributed by atoms with Gasteiger partial charge in [-0.15, -0.1) is 0 Å². The third-order valence-corrected chi connectivity index (χ3v) is 2.72. The van der Waals surface area contributed by atoms with Gasteiger partial charge in [-0.25, -0.2) is 4.79 Å². The van der Waals surface area contributed by atoms with Crippen LogP contribution in [-0.2, 0) is 4.74 Å². The lowest BCUT2D eigenvalue weighted by molar-refractivity contribution is 0.0999. The number of nitrogens with two attached hydrogens (primary N) is 1. The van der Waals surface area contributed by atoms with Gasteiger partial charge < -0.3 is 21.1 Å². The number of nitrogens with one attached hydrogen (secondary N) is 2. The molecule has 0 aliphatic heterocycles. The smallest absolute Gasteiger partial charge is 0.319 e. The number of hydrogen-bond acceptors (Lipinski definition) is 3. The second kappa shape index (κ2) is 8.16. The van der Waals surface area contributed by atoms with Crippen molar-refractivity contribution in [3.05, 3.63) is 29.3 Å². The van der Waals surface area contributed by atoms with Gasteiger partial charge in [0.2, 0.25) is 5.91 Å². The number of urea groups is 1. The zero-order valence-corrected chi connectivity index (χ0v) is 11.9. The summed E-state index contributed by atoms with van der Waals surface area (Å²) in [5, 5.41) is 5.36. The van der Waals surface area contributed by atoms with Crippen LogP contribution in [0.25, 0.3) is 0 Å². The van der Waals surface area contributed by atoms with Gasteiger partial charge in [-0.3, -0.25) is 4.79 Å². The Morgan fingerprint density at radius 2 is 2.10 bits per heavy atom. The van der Waals surface area contributed by atoms with Crippen LogP contribution in [0, 0.1) is 6.92 Å². The van der Waals surface area contributed by atoms with Crippen molar-refractivity contribution in [2.24, 2.45) is 5.73 Å². The van der Waals surface area contributed by atoms with Gasteiger partial charge in [0.15, 0.2) is 0 Å². The minimum atomic E-state index is -0.511. The zero-order valence-electron chi connectivity index (χ0n) is 11.9. The van der Waals surface area contributed by atoms with E-state index < -0.39 is 5.91 Å². The summed E-state index contributed by atoms with van der Waals surface area (Å²) in [4.78, 5) is 22.8. The normalized spacial score (nSPS) is 10.1. The maximum Gasteiger partial charge on any atom is 0.319 e. The summed E-state index contributed by atoms with van der Waals surface area (Å²) >= 11 is 0. The molecule has 6 nitrogen and oxygen atoms in total. The Morgan fingerprint density at radius 3 is 2.75 bits per heavy atom. The minimum absolute atomic E-state index is 0.319. The molecule has 0 spiro atoms. The van der Waals surface area contributed by atoms with Crippen LogP contribution >= 0.6 is 0 Å². The van der Waals surface area contributed by atoms with E-state index >= 15 is 0 Å². The molecule has 0 aromatic heterocycles. The molecule has 0 bridgehead atoms. The molecule has 6 heteroatoms. The van der Waals surface area contributed by atoms with Crippen molar-refractivity contribution >= 4 is 17.6 Å². The highest BCUT2D eigenvalue weighted by Crippen LogP contribution is 2.14. The third kappa shape index (κ3) is 5.27. The van der Waals surface area contributed by atoms with Crippen LogP contribution in [-0.4, -0.2) is 31.7 Å². The van der Waals surface area contributed by atoms with Gasteiger partial charge in [0, 0.05) is 31.0 Å². The van der Waals surface area contributed by atoms with Crippen molar-refractivity contribution < 1.29 is 14.3 Å². The van der Waals surface area contributed by atoms with Gasteiger partial charge in [0.25, 0.3) is 0 Å². The molecule has 1 aromatic rings. The van der Waals surface area contributed by atoms with E-state index in [0.717, 1.165) is 12.0 Å². The third-order valence-electron chi connectivity index (χ3n) is 2.72. The molecule has 110 valence electrons. The lowest BCUT2D eigenvalue weighted by atomic mass is 10.1. The van der Waals surface area contributed by atoms with Crippen molar-refractivity contribution in [2.45, 2.75) is 20.3 Å². The number of primary amides is 1. The van der Waals surface area contributed by atoms with E-state index in [1.54, 1.807) is 25.1 Å². The highest BCUT2D eigenvalue weighted by atomic mass is 16.5. The molecule has 0 saturated carbocycles. The molecule has 4 N–H and O–H groups in total. The van der Waals surface area contributed by atoms with Crippen molar-refractivity contribution in [3.63, 3.8) is 0 Å². The van der Waals surface area contributed by atoms with Crippen LogP contribution in [0.4, 0.5) is 10.5 Å². The first-order chi connectivity index (χ1) is 9.54. The van der Waals surface area contributed by atoms with Crippen LogP contribution in [0.1, 0.15) is 29.3 Å². The van der Waals surface area contributed by atoms with Gasteiger partial charge in [-0.1, -0.05) is 6.07 Å². The number of benzene rings is 1. The summed E-state index contributed by atoms with van der Waals surface area (Å²) in [5.74, 6) is -0.511. The minimum Gasteiger partial charge on any atom is -0.382 e.